The Bertz CT molecular complexity index is 355. The summed E-state index contributed by atoms with van der Waals surface area (Å²) >= 11 is 1.60. The Morgan fingerprint density at radius 3 is 2.81 bits per heavy atom. The van der Waals surface area contributed by atoms with Gasteiger partial charge in [0, 0.05) is 5.56 Å². The minimum Gasteiger partial charge on any atom is -0.448 e. The van der Waals surface area contributed by atoms with Crippen LogP contribution in [0.2, 0.25) is 0 Å². The van der Waals surface area contributed by atoms with Gasteiger partial charge in [0.05, 0.1) is 12.3 Å². The lowest BCUT2D eigenvalue weighted by Crippen LogP contribution is -2.09. The van der Waals surface area contributed by atoms with Gasteiger partial charge in [-0.3, -0.25) is 0 Å². The molecule has 0 atom stereocenters. The van der Waals surface area contributed by atoms with Crippen LogP contribution >= 0.6 is 11.3 Å². The Kier molecular flexibility index (Phi) is 5.19. The standard InChI is InChI=1S/C12H17NO2S/c1-4-11(10-5-6-16-8-10)13-12(14)15-7-9(2)3/h5-6,8-9H,4,7H2,1-3H3/b13-11-. The third-order valence-corrected chi connectivity index (χ3v) is 2.64. The van der Waals surface area contributed by atoms with E-state index in [0.29, 0.717) is 12.5 Å². The second-order valence-corrected chi connectivity index (χ2v) is 4.67. The molecule has 0 radical (unpaired) electrons. The summed E-state index contributed by atoms with van der Waals surface area (Å²) in [7, 11) is 0. The fourth-order valence-corrected chi connectivity index (χ4v) is 1.82. The minimum atomic E-state index is -0.489. The molecule has 0 aliphatic rings. The molecule has 1 amide bonds. The molecule has 0 spiro atoms. The van der Waals surface area contributed by atoms with Gasteiger partial charge in [0.15, 0.2) is 0 Å². The van der Waals surface area contributed by atoms with E-state index in [-0.39, 0.29) is 0 Å². The lowest BCUT2D eigenvalue weighted by molar-refractivity contribution is 0.143. The summed E-state index contributed by atoms with van der Waals surface area (Å²) in [5.41, 5.74) is 1.80. The van der Waals surface area contributed by atoms with Crippen LogP contribution in [0.1, 0.15) is 32.8 Å². The molecule has 16 heavy (non-hydrogen) atoms. The van der Waals surface area contributed by atoms with Gasteiger partial charge in [-0.15, -0.1) is 0 Å². The molecule has 1 aromatic rings. The molecular formula is C12H17NO2S. The van der Waals surface area contributed by atoms with Crippen molar-refractivity contribution in [3.05, 3.63) is 22.4 Å². The highest BCUT2D eigenvalue weighted by molar-refractivity contribution is 7.08. The Labute approximate surface area is 100 Å². The predicted molar refractivity (Wildman–Crippen MR) is 67.3 cm³/mol. The second kappa shape index (κ2) is 6.43. The van der Waals surface area contributed by atoms with Crippen LogP contribution in [0, 0.1) is 5.92 Å². The molecule has 1 rings (SSSR count). The highest BCUT2D eigenvalue weighted by Gasteiger charge is 2.07. The summed E-state index contributed by atoms with van der Waals surface area (Å²) in [6.45, 7) is 6.39. The van der Waals surface area contributed by atoms with Gasteiger partial charge in [-0.1, -0.05) is 20.8 Å². The number of hydrogen-bond donors (Lipinski definition) is 0. The van der Waals surface area contributed by atoms with E-state index in [9.17, 15) is 4.79 Å². The van der Waals surface area contributed by atoms with Gasteiger partial charge < -0.3 is 4.74 Å². The number of ether oxygens (including phenoxy) is 1. The first-order valence-electron chi connectivity index (χ1n) is 5.40. The molecule has 0 aliphatic carbocycles. The first-order valence-corrected chi connectivity index (χ1v) is 6.34. The van der Waals surface area contributed by atoms with Crippen molar-refractivity contribution in [1.29, 1.82) is 0 Å². The zero-order valence-corrected chi connectivity index (χ0v) is 10.7. The fourth-order valence-electron chi connectivity index (χ4n) is 1.16. The monoisotopic (exact) mass is 239 g/mol. The van der Waals surface area contributed by atoms with E-state index < -0.39 is 6.09 Å². The van der Waals surface area contributed by atoms with Gasteiger partial charge in [0.1, 0.15) is 0 Å². The second-order valence-electron chi connectivity index (χ2n) is 3.89. The quantitative estimate of drug-likeness (QED) is 0.751. The van der Waals surface area contributed by atoms with Crippen LogP contribution in [-0.2, 0) is 4.74 Å². The largest absolute Gasteiger partial charge is 0.448 e. The van der Waals surface area contributed by atoms with E-state index in [1.165, 1.54) is 0 Å². The van der Waals surface area contributed by atoms with Gasteiger partial charge in [0.25, 0.3) is 0 Å². The highest BCUT2D eigenvalue weighted by Crippen LogP contribution is 2.10. The third-order valence-electron chi connectivity index (χ3n) is 1.96. The molecular weight excluding hydrogens is 222 g/mol. The van der Waals surface area contributed by atoms with Crippen molar-refractivity contribution in [3.8, 4) is 0 Å². The molecule has 4 heteroatoms. The number of carbonyl (C=O) groups excluding carboxylic acids is 1. The fraction of sp³-hybridized carbons (Fsp3) is 0.500. The summed E-state index contributed by atoms with van der Waals surface area (Å²) in [5, 5.41) is 3.96. The Morgan fingerprint density at radius 1 is 1.56 bits per heavy atom. The maximum absolute atomic E-state index is 11.4. The summed E-state index contributed by atoms with van der Waals surface area (Å²) in [5.74, 6) is 0.338. The van der Waals surface area contributed by atoms with Gasteiger partial charge in [-0.2, -0.15) is 16.3 Å². The van der Waals surface area contributed by atoms with E-state index in [2.05, 4.69) is 4.99 Å². The average molecular weight is 239 g/mol. The van der Waals surface area contributed by atoms with Gasteiger partial charge in [-0.25, -0.2) is 4.79 Å². The normalized spacial score (nSPS) is 11.9. The molecule has 0 aromatic carbocycles. The van der Waals surface area contributed by atoms with Crippen LogP contribution in [0.25, 0.3) is 0 Å². The van der Waals surface area contributed by atoms with Crippen molar-refractivity contribution in [2.45, 2.75) is 27.2 Å². The summed E-state index contributed by atoms with van der Waals surface area (Å²) in [4.78, 5) is 15.4. The minimum absolute atomic E-state index is 0.338. The number of aliphatic imine (C=N–C) groups is 1. The number of rotatable bonds is 4. The van der Waals surface area contributed by atoms with Crippen molar-refractivity contribution in [3.63, 3.8) is 0 Å². The van der Waals surface area contributed by atoms with Crippen LogP contribution < -0.4 is 0 Å². The zero-order valence-electron chi connectivity index (χ0n) is 9.90. The number of carbonyl (C=O) groups is 1. The van der Waals surface area contributed by atoms with E-state index in [1.807, 2.05) is 37.6 Å². The first kappa shape index (κ1) is 12.9. The van der Waals surface area contributed by atoms with Crippen molar-refractivity contribution < 1.29 is 9.53 Å². The van der Waals surface area contributed by atoms with Crippen LogP contribution in [0.15, 0.2) is 21.8 Å². The van der Waals surface area contributed by atoms with Gasteiger partial charge in [-0.05, 0) is 29.2 Å². The van der Waals surface area contributed by atoms with Gasteiger partial charge in [0.2, 0.25) is 0 Å². The smallest absolute Gasteiger partial charge is 0.433 e. The average Bonchev–Trinajstić information content (AvgIpc) is 2.76. The third kappa shape index (κ3) is 4.14. The number of amides is 1. The number of thiophene rings is 1. The van der Waals surface area contributed by atoms with Crippen molar-refractivity contribution in [1.82, 2.24) is 0 Å². The molecule has 88 valence electrons. The van der Waals surface area contributed by atoms with Crippen molar-refractivity contribution >= 4 is 23.1 Å². The summed E-state index contributed by atoms with van der Waals surface area (Å²) in [6.07, 6.45) is 0.241. The molecule has 0 bridgehead atoms. The lowest BCUT2D eigenvalue weighted by atomic mass is 10.2. The molecule has 1 heterocycles. The van der Waals surface area contributed by atoms with Crippen molar-refractivity contribution in [2.24, 2.45) is 10.9 Å². The van der Waals surface area contributed by atoms with E-state index >= 15 is 0 Å². The van der Waals surface area contributed by atoms with Gasteiger partial charge >= 0.3 is 6.09 Å². The zero-order chi connectivity index (χ0) is 12.0. The maximum Gasteiger partial charge on any atom is 0.433 e. The van der Waals surface area contributed by atoms with E-state index in [0.717, 1.165) is 17.7 Å². The molecule has 0 aliphatic heterocycles. The molecule has 0 saturated carbocycles. The number of nitrogens with zero attached hydrogens (tertiary/aromatic N) is 1. The van der Waals surface area contributed by atoms with Crippen LogP contribution in [-0.4, -0.2) is 18.4 Å². The molecule has 0 unspecified atom stereocenters. The summed E-state index contributed by atoms with van der Waals surface area (Å²) in [6, 6.07) is 1.96. The Hall–Kier alpha value is -1.16. The topological polar surface area (TPSA) is 38.7 Å². The predicted octanol–water partition coefficient (Wildman–Crippen LogP) is 3.74. The lowest BCUT2D eigenvalue weighted by Gasteiger charge is -2.05. The molecule has 1 aromatic heterocycles. The molecule has 3 nitrogen and oxygen atoms in total. The number of hydrogen-bond acceptors (Lipinski definition) is 3. The van der Waals surface area contributed by atoms with Crippen molar-refractivity contribution in [2.75, 3.05) is 6.61 Å². The van der Waals surface area contributed by atoms with Crippen LogP contribution in [0.3, 0.4) is 0 Å². The Balaban J connectivity index is 2.62. The highest BCUT2D eigenvalue weighted by atomic mass is 32.1. The molecule has 0 fully saturated rings. The first-order chi connectivity index (χ1) is 7.63. The van der Waals surface area contributed by atoms with E-state index in [4.69, 9.17) is 4.74 Å². The van der Waals surface area contributed by atoms with E-state index in [1.54, 1.807) is 11.3 Å². The summed E-state index contributed by atoms with van der Waals surface area (Å²) < 4.78 is 5.01. The Morgan fingerprint density at radius 2 is 2.31 bits per heavy atom. The van der Waals surface area contributed by atoms with Crippen LogP contribution in [0.4, 0.5) is 4.79 Å². The molecule has 0 N–H and O–H groups in total. The van der Waals surface area contributed by atoms with Crippen LogP contribution in [0.5, 0.6) is 0 Å². The molecule has 0 saturated heterocycles. The SMILES string of the molecule is CC/C(=N/C(=O)OCC(C)C)c1ccsc1. The maximum atomic E-state index is 11.4.